The van der Waals surface area contributed by atoms with Gasteiger partial charge in [-0.2, -0.15) is 0 Å². The number of rotatable bonds is 4. The van der Waals surface area contributed by atoms with Crippen molar-refractivity contribution < 1.29 is 24.2 Å². The van der Waals surface area contributed by atoms with Crippen molar-refractivity contribution in [1.82, 2.24) is 4.90 Å². The zero-order valence-electron chi connectivity index (χ0n) is 18.1. The summed E-state index contributed by atoms with van der Waals surface area (Å²) in [6.45, 7) is 2.88. The first-order valence-corrected chi connectivity index (χ1v) is 11.0. The Morgan fingerprint density at radius 1 is 1.15 bits per heavy atom. The summed E-state index contributed by atoms with van der Waals surface area (Å²) < 4.78 is 5.17. The molecule has 0 aliphatic carbocycles. The number of aliphatic hydroxyl groups is 1. The number of hydrogen-bond acceptors (Lipinski definition) is 5. The fourth-order valence-electron chi connectivity index (χ4n) is 3.98. The van der Waals surface area contributed by atoms with Crippen LogP contribution in [0.25, 0.3) is 0 Å². The van der Waals surface area contributed by atoms with E-state index in [1.54, 1.807) is 41.3 Å². The Morgan fingerprint density at radius 3 is 2.61 bits per heavy atom. The van der Waals surface area contributed by atoms with Crippen LogP contribution in [-0.4, -0.2) is 66.3 Å². The molecule has 2 aromatic carbocycles. The predicted molar refractivity (Wildman–Crippen MR) is 125 cm³/mol. The summed E-state index contributed by atoms with van der Waals surface area (Å²) >= 11 is 5.88. The van der Waals surface area contributed by atoms with Gasteiger partial charge in [0, 0.05) is 41.6 Å². The maximum Gasteiger partial charge on any atom is 0.322 e. The number of nitrogens with one attached hydrogen (secondary N) is 2. The molecule has 2 saturated heterocycles. The van der Waals surface area contributed by atoms with Crippen LogP contribution in [0.1, 0.15) is 12.0 Å². The number of carbonyl (C=O) groups is 3. The summed E-state index contributed by atoms with van der Waals surface area (Å²) in [6, 6.07) is 10.6. The van der Waals surface area contributed by atoms with Gasteiger partial charge >= 0.3 is 6.03 Å². The van der Waals surface area contributed by atoms with Gasteiger partial charge in [0.15, 0.2) is 0 Å². The van der Waals surface area contributed by atoms with Crippen LogP contribution in [0.5, 0.6) is 0 Å². The number of likely N-dealkylation sites (tertiary alicyclic amines) is 1. The molecule has 2 aromatic rings. The number of hydrogen-bond donors (Lipinski definition) is 3. The maximum atomic E-state index is 13.0. The molecule has 9 nitrogen and oxygen atoms in total. The number of aliphatic hydroxyl groups excluding tert-OH is 1. The van der Waals surface area contributed by atoms with E-state index in [0.717, 1.165) is 11.3 Å². The van der Waals surface area contributed by atoms with E-state index in [1.807, 2.05) is 13.0 Å². The van der Waals surface area contributed by atoms with Gasteiger partial charge in [0.25, 0.3) is 5.91 Å². The highest BCUT2D eigenvalue weighted by molar-refractivity contribution is 6.30. The number of carbonyl (C=O) groups excluding carboxylic acids is 3. The van der Waals surface area contributed by atoms with Crippen molar-refractivity contribution >= 4 is 46.5 Å². The molecule has 2 atom stereocenters. The van der Waals surface area contributed by atoms with Crippen molar-refractivity contribution in [3.63, 3.8) is 0 Å². The highest BCUT2D eigenvalue weighted by atomic mass is 35.5. The van der Waals surface area contributed by atoms with Gasteiger partial charge in [0.05, 0.1) is 12.7 Å². The molecule has 0 aromatic heterocycles. The Morgan fingerprint density at radius 2 is 1.91 bits per heavy atom. The summed E-state index contributed by atoms with van der Waals surface area (Å²) in [5, 5.41) is 16.3. The number of β-amino-alcohol motifs (C(OH)–C–C–N with tert-alkyl or cyclic N) is 1. The summed E-state index contributed by atoms with van der Waals surface area (Å²) in [5.41, 5.74) is 2.62. The Hall–Kier alpha value is -3.14. The lowest BCUT2D eigenvalue weighted by Crippen LogP contribution is -2.45. The minimum Gasteiger partial charge on any atom is -0.391 e. The highest BCUT2D eigenvalue weighted by Crippen LogP contribution is 2.26. The van der Waals surface area contributed by atoms with Crippen molar-refractivity contribution in [3.05, 3.63) is 53.1 Å². The smallest absolute Gasteiger partial charge is 0.322 e. The molecule has 4 amide bonds. The summed E-state index contributed by atoms with van der Waals surface area (Å²) in [5.74, 6) is -0.504. The van der Waals surface area contributed by atoms with E-state index in [2.05, 4.69) is 10.6 Å². The van der Waals surface area contributed by atoms with Crippen LogP contribution < -0.4 is 15.5 Å². The van der Waals surface area contributed by atoms with E-state index in [-0.39, 0.29) is 25.5 Å². The van der Waals surface area contributed by atoms with Gasteiger partial charge in [-0.05, 0) is 55.0 Å². The number of ether oxygens (including phenoxy) is 1. The second kappa shape index (κ2) is 9.78. The highest BCUT2D eigenvalue weighted by Gasteiger charge is 2.39. The van der Waals surface area contributed by atoms with E-state index >= 15 is 0 Å². The molecule has 2 heterocycles. The van der Waals surface area contributed by atoms with Gasteiger partial charge in [-0.3, -0.25) is 9.59 Å². The van der Waals surface area contributed by atoms with Gasteiger partial charge in [-0.25, -0.2) is 4.79 Å². The third kappa shape index (κ3) is 5.27. The number of urea groups is 1. The average molecular weight is 473 g/mol. The van der Waals surface area contributed by atoms with E-state index in [1.165, 1.54) is 4.90 Å². The van der Waals surface area contributed by atoms with Gasteiger partial charge in [-0.15, -0.1) is 0 Å². The average Bonchev–Trinajstić information content (AvgIpc) is 3.19. The van der Waals surface area contributed by atoms with Crippen LogP contribution in [-0.2, 0) is 14.3 Å². The first kappa shape index (κ1) is 23.0. The number of nitrogens with zero attached hydrogens (tertiary/aromatic N) is 2. The number of halogens is 1. The van der Waals surface area contributed by atoms with Crippen molar-refractivity contribution in [2.24, 2.45) is 0 Å². The predicted octanol–water partition coefficient (Wildman–Crippen LogP) is 2.62. The molecule has 3 N–H and O–H groups in total. The lowest BCUT2D eigenvalue weighted by atomic mass is 10.1. The van der Waals surface area contributed by atoms with E-state index < -0.39 is 24.1 Å². The standard InChI is InChI=1S/C23H25ClN4O5/c1-14-10-17(27-8-9-33-13-21(27)30)6-7-19(14)26-22(31)20-11-18(29)12-28(20)23(32)25-16-4-2-15(24)3-5-16/h2-7,10,18,20,29H,8-9,11-13H2,1H3,(H,25,32)(H,26,31)/t18-,20-/m1/s1. The van der Waals surface area contributed by atoms with E-state index in [0.29, 0.717) is 29.5 Å². The van der Waals surface area contributed by atoms with Crippen LogP contribution in [0.4, 0.5) is 21.9 Å². The normalized spacial score (nSPS) is 20.6. The van der Waals surface area contributed by atoms with Gasteiger partial charge in [0.1, 0.15) is 12.6 Å². The van der Waals surface area contributed by atoms with E-state index in [4.69, 9.17) is 16.3 Å². The van der Waals surface area contributed by atoms with Crippen LogP contribution >= 0.6 is 11.6 Å². The summed E-state index contributed by atoms with van der Waals surface area (Å²) in [6.07, 6.45) is -0.660. The Labute approximate surface area is 196 Å². The first-order chi connectivity index (χ1) is 15.8. The summed E-state index contributed by atoms with van der Waals surface area (Å²) in [4.78, 5) is 40.8. The minimum absolute atomic E-state index is 0.0502. The monoisotopic (exact) mass is 472 g/mol. The molecule has 2 aliphatic rings. The zero-order chi connectivity index (χ0) is 23.5. The number of aryl methyl sites for hydroxylation is 1. The number of anilines is 3. The topological polar surface area (TPSA) is 111 Å². The molecule has 0 spiro atoms. The molecule has 174 valence electrons. The fraction of sp³-hybridized carbons (Fsp3) is 0.348. The SMILES string of the molecule is Cc1cc(N2CCOCC2=O)ccc1NC(=O)[C@H]1C[C@@H](O)CN1C(=O)Nc1ccc(Cl)cc1. The largest absolute Gasteiger partial charge is 0.391 e. The third-order valence-electron chi connectivity index (χ3n) is 5.70. The minimum atomic E-state index is -0.827. The van der Waals surface area contributed by atoms with Crippen LogP contribution in [0.2, 0.25) is 5.02 Å². The fourth-order valence-corrected chi connectivity index (χ4v) is 4.10. The maximum absolute atomic E-state index is 13.0. The number of morpholine rings is 1. The lowest BCUT2D eigenvalue weighted by Gasteiger charge is -2.28. The molecule has 4 rings (SSSR count). The molecular weight excluding hydrogens is 448 g/mol. The second-order valence-electron chi connectivity index (χ2n) is 8.08. The molecule has 0 saturated carbocycles. The summed E-state index contributed by atoms with van der Waals surface area (Å²) in [7, 11) is 0. The quantitative estimate of drug-likeness (QED) is 0.633. The Kier molecular flexibility index (Phi) is 6.83. The second-order valence-corrected chi connectivity index (χ2v) is 8.52. The van der Waals surface area contributed by atoms with Gasteiger partial charge in [0.2, 0.25) is 5.91 Å². The Balaban J connectivity index is 1.44. The molecule has 33 heavy (non-hydrogen) atoms. The van der Waals surface area contributed by atoms with Crippen molar-refractivity contribution in [1.29, 1.82) is 0 Å². The molecule has 2 aliphatic heterocycles. The molecule has 2 fully saturated rings. The number of benzene rings is 2. The zero-order valence-corrected chi connectivity index (χ0v) is 18.8. The molecule has 0 unspecified atom stereocenters. The van der Waals surface area contributed by atoms with Crippen molar-refractivity contribution in [2.75, 3.05) is 41.8 Å². The van der Waals surface area contributed by atoms with Gasteiger partial charge < -0.3 is 30.3 Å². The van der Waals surface area contributed by atoms with Crippen molar-refractivity contribution in [3.8, 4) is 0 Å². The first-order valence-electron chi connectivity index (χ1n) is 10.6. The van der Waals surface area contributed by atoms with Crippen LogP contribution in [0.15, 0.2) is 42.5 Å². The molecule has 10 heteroatoms. The third-order valence-corrected chi connectivity index (χ3v) is 5.96. The molecule has 0 radical (unpaired) electrons. The van der Waals surface area contributed by atoms with Crippen LogP contribution in [0.3, 0.4) is 0 Å². The van der Waals surface area contributed by atoms with Crippen LogP contribution in [0, 0.1) is 6.92 Å². The lowest BCUT2D eigenvalue weighted by molar-refractivity contribution is -0.125. The molecular formula is C23H25ClN4O5. The van der Waals surface area contributed by atoms with E-state index in [9.17, 15) is 19.5 Å². The van der Waals surface area contributed by atoms with Crippen molar-refractivity contribution in [2.45, 2.75) is 25.5 Å². The van der Waals surface area contributed by atoms with Gasteiger partial charge in [-0.1, -0.05) is 11.6 Å². The number of amides is 4. The molecule has 0 bridgehead atoms. The Bertz CT molecular complexity index is 1060.